The van der Waals surface area contributed by atoms with Crippen LogP contribution in [0, 0.1) is 0 Å². The highest BCUT2D eigenvalue weighted by atomic mass is 35.5. The van der Waals surface area contributed by atoms with E-state index in [0.29, 0.717) is 23.9 Å². The minimum Gasteiger partial charge on any atom is -0.492 e. The summed E-state index contributed by atoms with van der Waals surface area (Å²) >= 11 is 5.78. The summed E-state index contributed by atoms with van der Waals surface area (Å²) in [6.45, 7) is 3.06. The Kier molecular flexibility index (Phi) is 8.45. The van der Waals surface area contributed by atoms with Crippen LogP contribution in [0.5, 0.6) is 5.75 Å². The first-order chi connectivity index (χ1) is 10.4. The fraction of sp³-hybridized carbons (Fsp3) is 0.533. The van der Waals surface area contributed by atoms with Gasteiger partial charge in [0.2, 0.25) is 5.91 Å². The van der Waals surface area contributed by atoms with Crippen LogP contribution in [0.1, 0.15) is 6.92 Å². The molecule has 0 saturated heterocycles. The molecule has 0 aromatic heterocycles. The van der Waals surface area contributed by atoms with E-state index in [1.54, 1.807) is 30.5 Å². The molecule has 0 fully saturated rings. The lowest BCUT2D eigenvalue weighted by atomic mass is 10.3. The average molecular weight is 347 g/mol. The van der Waals surface area contributed by atoms with Gasteiger partial charge in [0, 0.05) is 33.9 Å². The standard InChI is InChI=1S/C15H23ClN2O3S/c1-12(11-22(3)20)18(2)10-15(19)17-8-9-21-14-6-4-13(16)5-7-14/h4-7,12H,8-11H2,1-3H3,(H,17,19). The number of amides is 1. The van der Waals surface area contributed by atoms with Crippen LogP contribution in [0.4, 0.5) is 0 Å². The second-order valence-electron chi connectivity index (χ2n) is 5.16. The summed E-state index contributed by atoms with van der Waals surface area (Å²) in [5, 5.41) is 3.45. The Balaban J connectivity index is 2.20. The van der Waals surface area contributed by atoms with E-state index >= 15 is 0 Å². The molecule has 1 rings (SSSR count). The van der Waals surface area contributed by atoms with E-state index in [1.165, 1.54) is 0 Å². The van der Waals surface area contributed by atoms with Crippen LogP contribution in [-0.2, 0) is 15.6 Å². The van der Waals surface area contributed by atoms with E-state index in [2.05, 4.69) is 5.32 Å². The van der Waals surface area contributed by atoms with E-state index in [-0.39, 0.29) is 18.5 Å². The minimum atomic E-state index is -0.864. The van der Waals surface area contributed by atoms with Gasteiger partial charge in [0.15, 0.2) is 0 Å². The fourth-order valence-electron chi connectivity index (χ4n) is 1.80. The predicted molar refractivity (Wildman–Crippen MR) is 91.0 cm³/mol. The number of halogens is 1. The van der Waals surface area contributed by atoms with Gasteiger partial charge in [-0.25, -0.2) is 0 Å². The molecule has 124 valence electrons. The molecule has 1 aromatic carbocycles. The summed E-state index contributed by atoms with van der Waals surface area (Å²) in [5.41, 5.74) is 0. The molecule has 1 aromatic rings. The molecule has 2 unspecified atom stereocenters. The Hall–Kier alpha value is -1.11. The minimum absolute atomic E-state index is 0.0732. The molecule has 1 amide bonds. The van der Waals surface area contributed by atoms with Crippen LogP contribution in [0.25, 0.3) is 0 Å². The summed E-state index contributed by atoms with van der Waals surface area (Å²) < 4.78 is 16.7. The monoisotopic (exact) mass is 346 g/mol. The van der Waals surface area contributed by atoms with Gasteiger partial charge in [0.05, 0.1) is 13.1 Å². The van der Waals surface area contributed by atoms with Gasteiger partial charge in [-0.05, 0) is 38.2 Å². The number of likely N-dealkylation sites (N-methyl/N-ethyl adjacent to an activating group) is 1. The second kappa shape index (κ2) is 9.82. The summed E-state index contributed by atoms with van der Waals surface area (Å²) in [5.74, 6) is 1.20. The number of nitrogens with zero attached hydrogens (tertiary/aromatic N) is 1. The number of nitrogens with one attached hydrogen (secondary N) is 1. The molecule has 0 aliphatic rings. The van der Waals surface area contributed by atoms with Crippen molar-refractivity contribution in [1.29, 1.82) is 0 Å². The van der Waals surface area contributed by atoms with Crippen molar-refractivity contribution < 1.29 is 13.7 Å². The Morgan fingerprint density at radius 3 is 2.64 bits per heavy atom. The van der Waals surface area contributed by atoms with Crippen molar-refractivity contribution in [2.24, 2.45) is 0 Å². The number of carbonyl (C=O) groups excluding carboxylic acids is 1. The van der Waals surface area contributed by atoms with Crippen LogP contribution in [0.2, 0.25) is 5.02 Å². The Labute approximate surface area is 139 Å². The smallest absolute Gasteiger partial charge is 0.234 e. The maximum Gasteiger partial charge on any atom is 0.234 e. The van der Waals surface area contributed by atoms with Crippen molar-refractivity contribution in [3.05, 3.63) is 29.3 Å². The summed E-state index contributed by atoms with van der Waals surface area (Å²) in [4.78, 5) is 13.7. The van der Waals surface area contributed by atoms with Gasteiger partial charge in [0.25, 0.3) is 0 Å². The zero-order valence-electron chi connectivity index (χ0n) is 13.2. The molecular formula is C15H23ClN2O3S. The Bertz CT molecular complexity index is 496. The Morgan fingerprint density at radius 2 is 2.05 bits per heavy atom. The van der Waals surface area contributed by atoms with Crippen LogP contribution in [-0.4, -0.2) is 59.8 Å². The third-order valence-corrected chi connectivity index (χ3v) is 4.33. The number of hydrogen-bond acceptors (Lipinski definition) is 4. The summed E-state index contributed by atoms with van der Waals surface area (Å²) in [6, 6.07) is 7.17. The molecular weight excluding hydrogens is 324 g/mol. The molecule has 7 heteroatoms. The molecule has 0 heterocycles. The van der Waals surface area contributed by atoms with Crippen molar-refractivity contribution in [2.75, 3.05) is 38.8 Å². The largest absolute Gasteiger partial charge is 0.492 e. The van der Waals surface area contributed by atoms with Gasteiger partial charge in [-0.15, -0.1) is 0 Å². The molecule has 1 N–H and O–H groups in total. The first-order valence-electron chi connectivity index (χ1n) is 7.04. The van der Waals surface area contributed by atoms with Gasteiger partial charge in [-0.3, -0.25) is 13.9 Å². The molecule has 0 radical (unpaired) electrons. The highest BCUT2D eigenvalue weighted by Crippen LogP contribution is 2.15. The van der Waals surface area contributed by atoms with Crippen molar-refractivity contribution >= 4 is 28.3 Å². The van der Waals surface area contributed by atoms with Gasteiger partial charge in [-0.1, -0.05) is 11.6 Å². The lowest BCUT2D eigenvalue weighted by molar-refractivity contribution is -0.122. The molecule has 2 atom stereocenters. The summed E-state index contributed by atoms with van der Waals surface area (Å²) in [6.07, 6.45) is 1.67. The van der Waals surface area contributed by atoms with Gasteiger partial charge in [0.1, 0.15) is 12.4 Å². The number of ether oxygens (including phenoxy) is 1. The van der Waals surface area contributed by atoms with Gasteiger partial charge >= 0.3 is 0 Å². The highest BCUT2D eigenvalue weighted by Gasteiger charge is 2.13. The molecule has 0 spiro atoms. The van der Waals surface area contributed by atoms with Gasteiger partial charge < -0.3 is 10.1 Å². The van der Waals surface area contributed by atoms with E-state index < -0.39 is 10.8 Å². The topological polar surface area (TPSA) is 58.6 Å². The van der Waals surface area contributed by atoms with E-state index in [0.717, 1.165) is 5.75 Å². The zero-order valence-corrected chi connectivity index (χ0v) is 14.7. The first-order valence-corrected chi connectivity index (χ1v) is 9.14. The van der Waals surface area contributed by atoms with Crippen molar-refractivity contribution in [1.82, 2.24) is 10.2 Å². The lowest BCUT2D eigenvalue weighted by Crippen LogP contribution is -2.42. The number of rotatable bonds is 9. The molecule has 22 heavy (non-hydrogen) atoms. The predicted octanol–water partition coefficient (Wildman–Crippen LogP) is 1.53. The number of hydrogen-bond donors (Lipinski definition) is 1. The lowest BCUT2D eigenvalue weighted by Gasteiger charge is -2.23. The molecule has 0 saturated carbocycles. The van der Waals surface area contributed by atoms with Crippen LogP contribution >= 0.6 is 11.6 Å². The Morgan fingerprint density at radius 1 is 1.41 bits per heavy atom. The van der Waals surface area contributed by atoms with E-state index in [9.17, 15) is 9.00 Å². The first kappa shape index (κ1) is 18.9. The highest BCUT2D eigenvalue weighted by molar-refractivity contribution is 7.84. The van der Waals surface area contributed by atoms with Crippen LogP contribution in [0.15, 0.2) is 24.3 Å². The van der Waals surface area contributed by atoms with Crippen molar-refractivity contribution in [2.45, 2.75) is 13.0 Å². The molecule has 0 bridgehead atoms. The fourth-order valence-corrected chi connectivity index (χ4v) is 2.86. The van der Waals surface area contributed by atoms with Crippen molar-refractivity contribution in [3.8, 4) is 5.75 Å². The quantitative estimate of drug-likeness (QED) is 0.689. The summed E-state index contributed by atoms with van der Waals surface area (Å²) in [7, 11) is 0.985. The molecule has 0 aliphatic heterocycles. The number of carbonyl (C=O) groups is 1. The average Bonchev–Trinajstić information content (AvgIpc) is 2.44. The zero-order chi connectivity index (χ0) is 16.5. The van der Waals surface area contributed by atoms with Crippen molar-refractivity contribution in [3.63, 3.8) is 0 Å². The second-order valence-corrected chi connectivity index (χ2v) is 7.07. The van der Waals surface area contributed by atoms with Crippen LogP contribution < -0.4 is 10.1 Å². The maximum atomic E-state index is 11.8. The SMILES string of the molecule is CC(CS(C)=O)N(C)CC(=O)NCCOc1ccc(Cl)cc1. The normalized spacial score (nSPS) is 13.7. The van der Waals surface area contributed by atoms with Crippen LogP contribution in [0.3, 0.4) is 0 Å². The maximum absolute atomic E-state index is 11.8. The van der Waals surface area contributed by atoms with Gasteiger partial charge in [-0.2, -0.15) is 0 Å². The molecule has 0 aliphatic carbocycles. The molecule has 5 nitrogen and oxygen atoms in total. The third-order valence-electron chi connectivity index (χ3n) is 3.13. The van der Waals surface area contributed by atoms with E-state index in [1.807, 2.05) is 18.9 Å². The van der Waals surface area contributed by atoms with E-state index in [4.69, 9.17) is 16.3 Å². The third kappa shape index (κ3) is 7.77. The number of benzene rings is 1.